The maximum Gasteiger partial charge on any atom is 0.0408 e. The number of thiophene rings is 1. The van der Waals surface area contributed by atoms with Gasteiger partial charge in [-0.3, -0.25) is 11.3 Å². The highest BCUT2D eigenvalue weighted by molar-refractivity contribution is 7.09. The molecule has 0 aliphatic carbocycles. The average molecular weight is 281 g/mol. The summed E-state index contributed by atoms with van der Waals surface area (Å²) in [7, 11) is 0. The monoisotopic (exact) mass is 280 g/mol. The Morgan fingerprint density at radius 1 is 1.28 bits per heavy atom. The second kappa shape index (κ2) is 6.90. The van der Waals surface area contributed by atoms with Crippen molar-refractivity contribution in [2.45, 2.75) is 25.3 Å². The number of halogens is 1. The quantitative estimate of drug-likeness (QED) is 0.629. The van der Waals surface area contributed by atoms with Gasteiger partial charge < -0.3 is 0 Å². The lowest BCUT2D eigenvalue weighted by Crippen LogP contribution is -2.37. The van der Waals surface area contributed by atoms with Crippen molar-refractivity contribution < 1.29 is 0 Å². The van der Waals surface area contributed by atoms with Crippen molar-refractivity contribution in [3.8, 4) is 0 Å². The zero-order valence-electron chi connectivity index (χ0n) is 10.1. The Labute approximate surface area is 117 Å². The number of rotatable bonds is 6. The van der Waals surface area contributed by atoms with Crippen molar-refractivity contribution in [2.75, 3.05) is 0 Å². The second-order valence-electron chi connectivity index (χ2n) is 4.32. The number of hydrazine groups is 1. The molecule has 0 fully saturated rings. The minimum atomic E-state index is 0.283. The maximum absolute atomic E-state index is 5.98. The predicted octanol–water partition coefficient (Wildman–Crippen LogP) is 3.41. The van der Waals surface area contributed by atoms with E-state index in [2.05, 4.69) is 29.0 Å². The molecule has 2 nitrogen and oxygen atoms in total. The molecule has 0 bridgehead atoms. The summed E-state index contributed by atoms with van der Waals surface area (Å²) in [5.41, 5.74) is 4.11. The Morgan fingerprint density at radius 2 is 2.17 bits per heavy atom. The Bertz CT molecular complexity index is 470. The third-order valence-electron chi connectivity index (χ3n) is 2.93. The molecule has 18 heavy (non-hydrogen) atoms. The Hall–Kier alpha value is -0.870. The van der Waals surface area contributed by atoms with Gasteiger partial charge in [-0.25, -0.2) is 0 Å². The van der Waals surface area contributed by atoms with Crippen LogP contribution in [0.2, 0.25) is 5.02 Å². The number of nitrogens with two attached hydrogens (primary N) is 1. The molecule has 0 aliphatic heterocycles. The molecule has 1 atom stereocenters. The van der Waals surface area contributed by atoms with E-state index in [1.54, 1.807) is 11.3 Å². The topological polar surface area (TPSA) is 38.0 Å². The smallest absolute Gasteiger partial charge is 0.0408 e. The van der Waals surface area contributed by atoms with Crippen LogP contribution in [0.25, 0.3) is 0 Å². The summed E-state index contributed by atoms with van der Waals surface area (Å²) in [5.74, 6) is 5.62. The Kier molecular flexibility index (Phi) is 5.20. The molecule has 0 spiro atoms. The summed E-state index contributed by atoms with van der Waals surface area (Å²) in [4.78, 5) is 1.40. The van der Waals surface area contributed by atoms with Gasteiger partial charge in [0, 0.05) is 15.9 Å². The van der Waals surface area contributed by atoms with E-state index >= 15 is 0 Å². The van der Waals surface area contributed by atoms with Gasteiger partial charge in [-0.15, -0.1) is 11.3 Å². The molecule has 0 radical (unpaired) electrons. The molecule has 3 N–H and O–H groups in total. The molecule has 96 valence electrons. The standard InChI is InChI=1S/C14H17ClN2S/c15-12-4-1-3-11(9-12)10-13(17-16)6-7-14-5-2-8-18-14/h1-5,8-9,13,17H,6-7,10,16H2. The number of hydrogen-bond donors (Lipinski definition) is 2. The number of benzene rings is 1. The first-order valence-electron chi connectivity index (χ1n) is 6.01. The molecule has 0 saturated heterocycles. The number of nitrogens with one attached hydrogen (secondary N) is 1. The van der Waals surface area contributed by atoms with Gasteiger partial charge in [0.1, 0.15) is 0 Å². The normalized spacial score (nSPS) is 12.6. The van der Waals surface area contributed by atoms with Crippen molar-refractivity contribution in [3.63, 3.8) is 0 Å². The molecule has 2 rings (SSSR count). The van der Waals surface area contributed by atoms with Crippen molar-refractivity contribution in [2.24, 2.45) is 5.84 Å². The fourth-order valence-electron chi connectivity index (χ4n) is 1.96. The van der Waals surface area contributed by atoms with Crippen LogP contribution in [0.3, 0.4) is 0 Å². The highest BCUT2D eigenvalue weighted by Gasteiger charge is 2.08. The Balaban J connectivity index is 1.89. The van der Waals surface area contributed by atoms with Crippen LogP contribution >= 0.6 is 22.9 Å². The molecular weight excluding hydrogens is 264 g/mol. The van der Waals surface area contributed by atoms with Crippen LogP contribution in [-0.2, 0) is 12.8 Å². The van der Waals surface area contributed by atoms with Gasteiger partial charge in [-0.2, -0.15) is 0 Å². The summed E-state index contributed by atoms with van der Waals surface area (Å²) in [6.45, 7) is 0. The third-order valence-corrected chi connectivity index (χ3v) is 4.10. The van der Waals surface area contributed by atoms with Gasteiger partial charge >= 0.3 is 0 Å². The lowest BCUT2D eigenvalue weighted by Gasteiger charge is -2.15. The molecule has 1 aromatic carbocycles. The van der Waals surface area contributed by atoms with Crippen LogP contribution in [0, 0.1) is 0 Å². The van der Waals surface area contributed by atoms with Crippen LogP contribution < -0.4 is 11.3 Å². The van der Waals surface area contributed by atoms with Gasteiger partial charge in [-0.1, -0.05) is 29.8 Å². The van der Waals surface area contributed by atoms with E-state index in [1.807, 2.05) is 18.2 Å². The maximum atomic E-state index is 5.98. The highest BCUT2D eigenvalue weighted by atomic mass is 35.5. The molecular formula is C14H17ClN2S. The average Bonchev–Trinajstić information content (AvgIpc) is 2.87. The molecule has 1 aromatic heterocycles. The molecule has 1 unspecified atom stereocenters. The van der Waals surface area contributed by atoms with E-state index in [9.17, 15) is 0 Å². The zero-order chi connectivity index (χ0) is 12.8. The molecule has 0 amide bonds. The summed E-state index contributed by atoms with van der Waals surface area (Å²) >= 11 is 7.77. The first-order valence-corrected chi connectivity index (χ1v) is 7.26. The lowest BCUT2D eigenvalue weighted by atomic mass is 10.0. The van der Waals surface area contributed by atoms with Crippen molar-refractivity contribution in [1.82, 2.24) is 5.43 Å². The highest BCUT2D eigenvalue weighted by Crippen LogP contribution is 2.16. The van der Waals surface area contributed by atoms with Gasteiger partial charge in [0.2, 0.25) is 0 Å². The van der Waals surface area contributed by atoms with Crippen molar-refractivity contribution in [1.29, 1.82) is 0 Å². The molecule has 2 aromatic rings. The van der Waals surface area contributed by atoms with Gasteiger partial charge in [0.25, 0.3) is 0 Å². The summed E-state index contributed by atoms with van der Waals surface area (Å²) < 4.78 is 0. The van der Waals surface area contributed by atoms with Crippen LogP contribution in [-0.4, -0.2) is 6.04 Å². The van der Waals surface area contributed by atoms with Crippen LogP contribution in [0.1, 0.15) is 16.9 Å². The first-order chi connectivity index (χ1) is 8.78. The fourth-order valence-corrected chi connectivity index (χ4v) is 2.90. The number of aryl methyl sites for hydroxylation is 1. The van der Waals surface area contributed by atoms with E-state index in [4.69, 9.17) is 17.4 Å². The minimum absolute atomic E-state index is 0.283. The largest absolute Gasteiger partial charge is 0.271 e. The van der Waals surface area contributed by atoms with E-state index in [0.29, 0.717) is 0 Å². The zero-order valence-corrected chi connectivity index (χ0v) is 11.7. The summed E-state index contributed by atoms with van der Waals surface area (Å²) in [6, 6.07) is 12.5. The molecule has 0 aliphatic rings. The SMILES string of the molecule is NNC(CCc1cccs1)Cc1cccc(Cl)c1. The van der Waals surface area contributed by atoms with Crippen LogP contribution in [0.4, 0.5) is 0 Å². The van der Waals surface area contributed by atoms with Gasteiger partial charge in [0.15, 0.2) is 0 Å². The van der Waals surface area contributed by atoms with Crippen molar-refractivity contribution in [3.05, 3.63) is 57.2 Å². The molecule has 1 heterocycles. The third kappa shape index (κ3) is 4.10. The van der Waals surface area contributed by atoms with E-state index in [1.165, 1.54) is 10.4 Å². The summed E-state index contributed by atoms with van der Waals surface area (Å²) in [6.07, 6.45) is 3.00. The van der Waals surface area contributed by atoms with E-state index < -0.39 is 0 Å². The summed E-state index contributed by atoms with van der Waals surface area (Å²) in [5, 5.41) is 2.89. The second-order valence-corrected chi connectivity index (χ2v) is 5.78. The molecule has 4 heteroatoms. The van der Waals surface area contributed by atoms with E-state index in [-0.39, 0.29) is 6.04 Å². The van der Waals surface area contributed by atoms with Gasteiger partial charge in [0.05, 0.1) is 0 Å². The van der Waals surface area contributed by atoms with Crippen molar-refractivity contribution >= 4 is 22.9 Å². The van der Waals surface area contributed by atoms with E-state index in [0.717, 1.165) is 24.3 Å². The van der Waals surface area contributed by atoms with Crippen LogP contribution in [0.15, 0.2) is 41.8 Å². The minimum Gasteiger partial charge on any atom is -0.271 e. The molecule has 0 saturated carbocycles. The predicted molar refractivity (Wildman–Crippen MR) is 78.9 cm³/mol. The lowest BCUT2D eigenvalue weighted by molar-refractivity contribution is 0.493. The Morgan fingerprint density at radius 3 is 2.83 bits per heavy atom. The number of hydrogen-bond acceptors (Lipinski definition) is 3. The fraction of sp³-hybridized carbons (Fsp3) is 0.286. The van der Waals surface area contributed by atoms with Crippen LogP contribution in [0.5, 0.6) is 0 Å². The van der Waals surface area contributed by atoms with Gasteiger partial charge in [-0.05, 0) is 48.4 Å². The first kappa shape index (κ1) is 13.6.